The number of halogens is 1. The molecule has 0 saturated carbocycles. The number of rotatable bonds is 3. The third kappa shape index (κ3) is 3.80. The van der Waals surface area contributed by atoms with Gasteiger partial charge in [0.25, 0.3) is 5.91 Å². The quantitative estimate of drug-likeness (QED) is 0.801. The Kier molecular flexibility index (Phi) is 5.99. The average molecular weight is 405 g/mol. The van der Waals surface area contributed by atoms with Crippen LogP contribution in [-0.4, -0.2) is 37.5 Å². The lowest BCUT2D eigenvalue weighted by atomic mass is 9.73. The number of piperidine rings is 1. The predicted molar refractivity (Wildman–Crippen MR) is 116 cm³/mol. The number of likely N-dealkylation sites (tertiary alicyclic amines) is 1. The van der Waals surface area contributed by atoms with Crippen LogP contribution in [0.3, 0.4) is 0 Å². The van der Waals surface area contributed by atoms with Gasteiger partial charge in [-0.05, 0) is 66.9 Å². The molecule has 0 radical (unpaired) electrons. The van der Waals surface area contributed by atoms with Crippen molar-refractivity contribution in [2.45, 2.75) is 38.5 Å². The van der Waals surface area contributed by atoms with E-state index in [1.807, 2.05) is 7.05 Å². The van der Waals surface area contributed by atoms with Crippen molar-refractivity contribution in [1.29, 1.82) is 0 Å². The van der Waals surface area contributed by atoms with E-state index in [-0.39, 0.29) is 23.7 Å². The molecule has 2 aromatic rings. The van der Waals surface area contributed by atoms with Crippen LogP contribution < -0.4 is 5.32 Å². The minimum absolute atomic E-state index is 0. The van der Waals surface area contributed by atoms with Gasteiger partial charge in [-0.25, -0.2) is 0 Å². The Bertz CT molecular complexity index is 827. The zero-order valence-electron chi connectivity index (χ0n) is 16.4. The Morgan fingerprint density at radius 2 is 2.11 bits per heavy atom. The second-order valence-electron chi connectivity index (χ2n) is 8.39. The molecule has 1 amide bonds. The van der Waals surface area contributed by atoms with Gasteiger partial charge in [0.1, 0.15) is 0 Å². The molecule has 3 nitrogen and oxygen atoms in total. The molecule has 1 saturated heterocycles. The molecule has 1 atom stereocenters. The van der Waals surface area contributed by atoms with Gasteiger partial charge < -0.3 is 10.2 Å². The maximum Gasteiger partial charge on any atom is 0.263 e. The lowest BCUT2D eigenvalue weighted by Gasteiger charge is -2.32. The molecular formula is C22H29ClN2OS. The molecule has 4 rings (SSSR count). The van der Waals surface area contributed by atoms with Gasteiger partial charge in [-0.3, -0.25) is 4.79 Å². The molecule has 1 aliphatic carbocycles. The van der Waals surface area contributed by atoms with Crippen LogP contribution in [0.2, 0.25) is 0 Å². The van der Waals surface area contributed by atoms with Crippen molar-refractivity contribution in [2.24, 2.45) is 5.92 Å². The molecule has 1 N–H and O–H groups in total. The average Bonchev–Trinajstić information content (AvgIpc) is 3.05. The van der Waals surface area contributed by atoms with E-state index >= 15 is 0 Å². The van der Waals surface area contributed by atoms with Gasteiger partial charge in [-0.1, -0.05) is 38.1 Å². The third-order valence-electron chi connectivity index (χ3n) is 5.85. The topological polar surface area (TPSA) is 32.3 Å². The van der Waals surface area contributed by atoms with Crippen molar-refractivity contribution < 1.29 is 4.79 Å². The molecule has 1 aliphatic heterocycles. The van der Waals surface area contributed by atoms with Crippen molar-refractivity contribution in [3.63, 3.8) is 0 Å². The largest absolute Gasteiger partial charge is 0.338 e. The summed E-state index contributed by atoms with van der Waals surface area (Å²) in [7, 11) is 1.99. The highest BCUT2D eigenvalue weighted by molar-refractivity contribution is 7.17. The SMILES string of the molecule is CNCC1CCCN(C(=O)c2cc3c(s2)-c2ccccc2C(C)(C)C3)C1.Cl. The summed E-state index contributed by atoms with van der Waals surface area (Å²) in [5.41, 5.74) is 4.18. The Morgan fingerprint density at radius 3 is 2.89 bits per heavy atom. The number of nitrogens with one attached hydrogen (secondary N) is 1. The fraction of sp³-hybridized carbons (Fsp3) is 0.500. The molecular weight excluding hydrogens is 376 g/mol. The molecule has 2 aliphatic rings. The van der Waals surface area contributed by atoms with Crippen LogP contribution in [-0.2, 0) is 11.8 Å². The maximum absolute atomic E-state index is 13.2. The summed E-state index contributed by atoms with van der Waals surface area (Å²) in [6.07, 6.45) is 3.33. The van der Waals surface area contributed by atoms with E-state index in [1.165, 1.54) is 28.0 Å². The molecule has 0 bridgehead atoms. The lowest BCUT2D eigenvalue weighted by Crippen LogP contribution is -2.42. The molecule has 146 valence electrons. The number of benzene rings is 1. The fourth-order valence-corrected chi connectivity index (χ4v) is 5.78. The number of amides is 1. The number of fused-ring (bicyclic) bond motifs is 3. The Hall–Kier alpha value is -1.36. The number of hydrogen-bond acceptors (Lipinski definition) is 3. The Balaban J connectivity index is 0.00000210. The summed E-state index contributed by atoms with van der Waals surface area (Å²) < 4.78 is 0. The summed E-state index contributed by atoms with van der Waals surface area (Å²) in [5, 5.41) is 3.26. The maximum atomic E-state index is 13.2. The van der Waals surface area contributed by atoms with Crippen LogP contribution in [0.4, 0.5) is 0 Å². The smallest absolute Gasteiger partial charge is 0.263 e. The zero-order chi connectivity index (χ0) is 18.3. The second kappa shape index (κ2) is 7.94. The summed E-state index contributed by atoms with van der Waals surface area (Å²) in [5.74, 6) is 0.799. The van der Waals surface area contributed by atoms with Crippen molar-refractivity contribution in [3.8, 4) is 10.4 Å². The highest BCUT2D eigenvalue weighted by Crippen LogP contribution is 2.46. The summed E-state index contributed by atoms with van der Waals surface area (Å²) in [6.45, 7) is 7.38. The summed E-state index contributed by atoms with van der Waals surface area (Å²) in [4.78, 5) is 17.4. The Morgan fingerprint density at radius 1 is 1.33 bits per heavy atom. The molecule has 1 unspecified atom stereocenters. The first-order valence-corrected chi connectivity index (χ1v) is 10.5. The van der Waals surface area contributed by atoms with E-state index in [9.17, 15) is 4.79 Å². The number of nitrogens with zero attached hydrogens (tertiary/aromatic N) is 1. The number of carbonyl (C=O) groups excluding carboxylic acids is 1. The summed E-state index contributed by atoms with van der Waals surface area (Å²) in [6, 6.07) is 10.9. The van der Waals surface area contributed by atoms with Crippen molar-refractivity contribution in [2.75, 3.05) is 26.7 Å². The molecule has 27 heavy (non-hydrogen) atoms. The van der Waals surface area contributed by atoms with Crippen LogP contribution in [0.1, 0.15) is 47.5 Å². The third-order valence-corrected chi connectivity index (χ3v) is 7.05. The molecule has 0 spiro atoms. The van der Waals surface area contributed by atoms with Crippen LogP contribution in [0.5, 0.6) is 0 Å². The summed E-state index contributed by atoms with van der Waals surface area (Å²) >= 11 is 1.69. The van der Waals surface area contributed by atoms with Crippen LogP contribution >= 0.6 is 23.7 Å². The van der Waals surface area contributed by atoms with E-state index in [2.05, 4.69) is 54.4 Å². The first-order valence-electron chi connectivity index (χ1n) is 9.66. The molecule has 5 heteroatoms. The van der Waals surface area contributed by atoms with E-state index in [0.29, 0.717) is 5.92 Å². The second-order valence-corrected chi connectivity index (χ2v) is 9.44. The van der Waals surface area contributed by atoms with Gasteiger partial charge in [-0.2, -0.15) is 0 Å². The number of thiophene rings is 1. The lowest BCUT2D eigenvalue weighted by molar-refractivity contribution is 0.0679. The van der Waals surface area contributed by atoms with Crippen LogP contribution in [0.15, 0.2) is 30.3 Å². The standard InChI is InChI=1S/C22H28N2OS.ClH/c1-22(2)12-16-11-19(26-20(16)17-8-4-5-9-18(17)22)21(25)24-10-6-7-15(14-24)13-23-3;/h4-5,8-9,11,15,23H,6-7,10,12-14H2,1-3H3;1H. The van der Waals surface area contributed by atoms with E-state index in [1.54, 1.807) is 11.3 Å². The molecule has 1 fully saturated rings. The van der Waals surface area contributed by atoms with E-state index < -0.39 is 0 Å². The van der Waals surface area contributed by atoms with Gasteiger partial charge in [-0.15, -0.1) is 23.7 Å². The molecule has 1 aromatic heterocycles. The van der Waals surface area contributed by atoms with Crippen LogP contribution in [0, 0.1) is 5.92 Å². The molecule has 2 heterocycles. The van der Waals surface area contributed by atoms with Crippen molar-refractivity contribution in [3.05, 3.63) is 46.3 Å². The highest BCUT2D eigenvalue weighted by Gasteiger charge is 2.33. The van der Waals surface area contributed by atoms with Gasteiger partial charge in [0.15, 0.2) is 0 Å². The van der Waals surface area contributed by atoms with Crippen LogP contribution in [0.25, 0.3) is 10.4 Å². The normalized spacial score (nSPS) is 20.4. The van der Waals surface area contributed by atoms with Crippen molar-refractivity contribution in [1.82, 2.24) is 10.2 Å². The Labute approximate surface area is 172 Å². The van der Waals surface area contributed by atoms with Gasteiger partial charge in [0.05, 0.1) is 4.88 Å². The predicted octanol–water partition coefficient (Wildman–Crippen LogP) is 4.74. The van der Waals surface area contributed by atoms with Crippen molar-refractivity contribution >= 4 is 29.7 Å². The number of carbonyl (C=O) groups is 1. The molecule has 1 aromatic carbocycles. The minimum atomic E-state index is 0. The first kappa shape index (κ1) is 20.4. The monoisotopic (exact) mass is 404 g/mol. The van der Waals surface area contributed by atoms with E-state index in [0.717, 1.165) is 37.4 Å². The first-order chi connectivity index (χ1) is 12.5. The van der Waals surface area contributed by atoms with Gasteiger partial charge in [0, 0.05) is 18.0 Å². The van der Waals surface area contributed by atoms with Gasteiger partial charge >= 0.3 is 0 Å². The zero-order valence-corrected chi connectivity index (χ0v) is 18.0. The van der Waals surface area contributed by atoms with E-state index in [4.69, 9.17) is 0 Å². The minimum Gasteiger partial charge on any atom is -0.338 e. The highest BCUT2D eigenvalue weighted by atomic mass is 35.5. The number of hydrogen-bond donors (Lipinski definition) is 1. The van der Waals surface area contributed by atoms with Gasteiger partial charge in [0.2, 0.25) is 0 Å². The fourth-order valence-electron chi connectivity index (χ4n) is 4.60.